The van der Waals surface area contributed by atoms with Gasteiger partial charge in [0, 0.05) is 13.2 Å². The summed E-state index contributed by atoms with van der Waals surface area (Å²) in [6, 6.07) is 0. The molecule has 0 amide bonds. The molecule has 1 aliphatic heterocycles. The first kappa shape index (κ1) is 11.9. The summed E-state index contributed by atoms with van der Waals surface area (Å²) in [6.45, 7) is 6.19. The lowest BCUT2D eigenvalue weighted by atomic mass is 10.2. The van der Waals surface area contributed by atoms with Crippen molar-refractivity contribution in [3.8, 4) is 0 Å². The number of ether oxygens (including phenoxy) is 2. The van der Waals surface area contributed by atoms with Crippen LogP contribution in [0.2, 0.25) is 0 Å². The Balaban J connectivity index is 0.000000561. The van der Waals surface area contributed by atoms with Gasteiger partial charge in [-0.05, 0) is 12.8 Å². The Morgan fingerprint density at radius 2 is 1.92 bits per heavy atom. The summed E-state index contributed by atoms with van der Waals surface area (Å²) in [6.07, 6.45) is 2.26. The van der Waals surface area contributed by atoms with E-state index in [9.17, 15) is 0 Å². The van der Waals surface area contributed by atoms with E-state index in [4.69, 9.17) is 14.6 Å². The number of hydrogen-bond acceptors (Lipinski definition) is 3. The summed E-state index contributed by atoms with van der Waals surface area (Å²) in [7, 11) is 0. The molecule has 0 atom stereocenters. The van der Waals surface area contributed by atoms with Crippen molar-refractivity contribution in [2.75, 3.05) is 26.4 Å². The third-order valence-corrected chi connectivity index (χ3v) is 1.61. The minimum atomic E-state index is 0.122. The molecule has 3 nitrogen and oxygen atoms in total. The molecule has 1 N–H and O–H groups in total. The van der Waals surface area contributed by atoms with Crippen LogP contribution in [0.1, 0.15) is 26.7 Å². The van der Waals surface area contributed by atoms with E-state index in [0.717, 1.165) is 26.1 Å². The van der Waals surface area contributed by atoms with Crippen molar-refractivity contribution < 1.29 is 14.6 Å². The van der Waals surface area contributed by atoms with Crippen LogP contribution in [0.3, 0.4) is 0 Å². The van der Waals surface area contributed by atoms with Crippen LogP contribution >= 0.6 is 0 Å². The van der Waals surface area contributed by atoms with E-state index >= 15 is 0 Å². The average Bonchev–Trinajstić information content (AvgIpc) is 2.19. The zero-order valence-electron chi connectivity index (χ0n) is 8.08. The Labute approximate surface area is 74.7 Å². The predicted molar refractivity (Wildman–Crippen MR) is 48.2 cm³/mol. The van der Waals surface area contributed by atoms with Gasteiger partial charge >= 0.3 is 0 Å². The highest BCUT2D eigenvalue weighted by molar-refractivity contribution is 4.61. The molecule has 74 valence electrons. The van der Waals surface area contributed by atoms with E-state index in [-0.39, 0.29) is 6.61 Å². The number of hydrogen-bond donors (Lipinski definition) is 1. The Morgan fingerprint density at radius 1 is 1.33 bits per heavy atom. The van der Waals surface area contributed by atoms with E-state index in [1.807, 2.05) is 13.8 Å². The Bertz CT molecular complexity index is 79.8. The molecule has 12 heavy (non-hydrogen) atoms. The van der Waals surface area contributed by atoms with Crippen LogP contribution in [0.5, 0.6) is 0 Å². The van der Waals surface area contributed by atoms with Gasteiger partial charge in [-0.15, -0.1) is 0 Å². The summed E-state index contributed by atoms with van der Waals surface area (Å²) in [5.74, 6) is 0. The summed E-state index contributed by atoms with van der Waals surface area (Å²) < 4.78 is 10.4. The van der Waals surface area contributed by atoms with Crippen LogP contribution in [-0.2, 0) is 9.47 Å². The third-order valence-electron chi connectivity index (χ3n) is 1.61. The highest BCUT2D eigenvalue weighted by Crippen LogP contribution is 2.09. The van der Waals surface area contributed by atoms with Crippen LogP contribution < -0.4 is 0 Å². The van der Waals surface area contributed by atoms with Crippen molar-refractivity contribution in [3.05, 3.63) is 0 Å². The first-order valence-corrected chi connectivity index (χ1v) is 4.73. The van der Waals surface area contributed by atoms with Crippen molar-refractivity contribution in [3.63, 3.8) is 0 Å². The molecule has 0 bridgehead atoms. The molecule has 1 fully saturated rings. The highest BCUT2D eigenvalue weighted by Gasteiger charge is 2.12. The van der Waals surface area contributed by atoms with Crippen molar-refractivity contribution in [2.45, 2.75) is 32.8 Å². The van der Waals surface area contributed by atoms with E-state index < -0.39 is 0 Å². The van der Waals surface area contributed by atoms with Gasteiger partial charge in [-0.2, -0.15) is 0 Å². The summed E-state index contributed by atoms with van der Waals surface area (Å²) in [5.41, 5.74) is 0. The normalized spacial score (nSPS) is 18.2. The van der Waals surface area contributed by atoms with Gasteiger partial charge in [0.2, 0.25) is 0 Å². The molecule has 0 radical (unpaired) electrons. The summed E-state index contributed by atoms with van der Waals surface area (Å²) in [5, 5.41) is 8.44. The lowest BCUT2D eigenvalue weighted by Gasteiger charge is -2.21. The van der Waals surface area contributed by atoms with Gasteiger partial charge in [-0.1, -0.05) is 13.8 Å². The smallest absolute Gasteiger partial charge is 0.0701 e. The Morgan fingerprint density at radius 3 is 2.42 bits per heavy atom. The molecule has 1 rings (SSSR count). The van der Waals surface area contributed by atoms with Crippen molar-refractivity contribution >= 4 is 0 Å². The van der Waals surface area contributed by atoms with Crippen LogP contribution in [-0.4, -0.2) is 37.6 Å². The van der Waals surface area contributed by atoms with Crippen LogP contribution in [0.4, 0.5) is 0 Å². The van der Waals surface area contributed by atoms with Crippen LogP contribution in [0.25, 0.3) is 0 Å². The molecule has 0 aromatic carbocycles. The minimum Gasteiger partial charge on any atom is -0.394 e. The molecule has 0 unspecified atom stereocenters. The molecule has 0 spiro atoms. The number of aliphatic hydroxyl groups is 1. The van der Waals surface area contributed by atoms with Crippen molar-refractivity contribution in [1.82, 2.24) is 0 Å². The molecule has 1 saturated heterocycles. The van der Waals surface area contributed by atoms with E-state index in [1.54, 1.807) is 0 Å². The Hall–Kier alpha value is -0.120. The lowest BCUT2D eigenvalue weighted by Crippen LogP contribution is -2.24. The second-order valence-electron chi connectivity index (χ2n) is 2.41. The average molecular weight is 176 g/mol. The van der Waals surface area contributed by atoms with E-state index in [0.29, 0.717) is 12.7 Å². The van der Waals surface area contributed by atoms with Crippen molar-refractivity contribution in [2.24, 2.45) is 0 Å². The molecule has 0 aliphatic carbocycles. The topological polar surface area (TPSA) is 38.7 Å². The molecule has 3 heteroatoms. The second kappa shape index (κ2) is 8.97. The summed E-state index contributed by atoms with van der Waals surface area (Å²) >= 11 is 0. The minimum absolute atomic E-state index is 0.122. The molecular formula is C9H20O3. The van der Waals surface area contributed by atoms with Gasteiger partial charge in [0.25, 0.3) is 0 Å². The molecule has 1 aliphatic rings. The van der Waals surface area contributed by atoms with Crippen molar-refractivity contribution in [1.29, 1.82) is 0 Å². The van der Waals surface area contributed by atoms with Gasteiger partial charge in [0.15, 0.2) is 0 Å². The van der Waals surface area contributed by atoms with Gasteiger partial charge in [-0.3, -0.25) is 0 Å². The Kier molecular flexibility index (Phi) is 8.88. The first-order valence-electron chi connectivity index (χ1n) is 4.73. The SMILES string of the molecule is CC.OCCOC1CCOCC1. The molecule has 1 heterocycles. The monoisotopic (exact) mass is 176 g/mol. The van der Waals surface area contributed by atoms with E-state index in [1.165, 1.54) is 0 Å². The summed E-state index contributed by atoms with van der Waals surface area (Å²) in [4.78, 5) is 0. The third kappa shape index (κ3) is 5.52. The fourth-order valence-corrected chi connectivity index (χ4v) is 1.06. The fourth-order valence-electron chi connectivity index (χ4n) is 1.06. The molecule has 0 aromatic rings. The van der Waals surface area contributed by atoms with Crippen LogP contribution in [0, 0.1) is 0 Å². The predicted octanol–water partition coefficient (Wildman–Crippen LogP) is 1.20. The van der Waals surface area contributed by atoms with Gasteiger partial charge in [-0.25, -0.2) is 0 Å². The second-order valence-corrected chi connectivity index (χ2v) is 2.41. The maximum absolute atomic E-state index is 8.44. The van der Waals surface area contributed by atoms with Gasteiger partial charge in [0.05, 0.1) is 19.3 Å². The number of aliphatic hydroxyl groups excluding tert-OH is 1. The highest BCUT2D eigenvalue weighted by atomic mass is 16.5. The lowest BCUT2D eigenvalue weighted by molar-refractivity contribution is -0.0409. The molecular weight excluding hydrogens is 156 g/mol. The van der Waals surface area contributed by atoms with Crippen LogP contribution in [0.15, 0.2) is 0 Å². The van der Waals surface area contributed by atoms with Gasteiger partial charge < -0.3 is 14.6 Å². The van der Waals surface area contributed by atoms with Gasteiger partial charge in [0.1, 0.15) is 0 Å². The number of rotatable bonds is 3. The zero-order chi connectivity index (χ0) is 9.23. The quantitative estimate of drug-likeness (QED) is 0.702. The maximum atomic E-state index is 8.44. The fraction of sp³-hybridized carbons (Fsp3) is 1.00. The molecule has 0 saturated carbocycles. The first-order chi connectivity index (χ1) is 5.93. The maximum Gasteiger partial charge on any atom is 0.0701 e. The largest absolute Gasteiger partial charge is 0.394 e. The van der Waals surface area contributed by atoms with E-state index in [2.05, 4.69) is 0 Å². The molecule has 0 aromatic heterocycles. The standard InChI is InChI=1S/C7H14O3.C2H6/c8-3-6-10-7-1-4-9-5-2-7;1-2/h7-8H,1-6H2;1-2H3. The zero-order valence-corrected chi connectivity index (χ0v) is 8.08.